The number of amides is 1. The highest BCUT2D eigenvalue weighted by Gasteiger charge is 2.59. The maximum Gasteiger partial charge on any atom is 0.253 e. The molecule has 1 N–H and O–H groups in total. The molecule has 0 saturated heterocycles. The lowest BCUT2D eigenvalue weighted by Gasteiger charge is -2.46. The van der Waals surface area contributed by atoms with Crippen LogP contribution in [-0.4, -0.2) is 22.9 Å². The molecule has 0 bridgehead atoms. The molecule has 2 aliphatic heterocycles. The molecule has 35 heavy (non-hydrogen) atoms. The maximum absolute atomic E-state index is 14.1. The van der Waals surface area contributed by atoms with Crippen molar-refractivity contribution in [2.75, 3.05) is 5.01 Å². The summed E-state index contributed by atoms with van der Waals surface area (Å²) in [6, 6.07) is 25.2. The summed E-state index contributed by atoms with van der Waals surface area (Å²) >= 11 is 6.19. The van der Waals surface area contributed by atoms with Crippen molar-refractivity contribution >= 4 is 34.7 Å². The molecule has 1 spiro atoms. The number of hydrogen-bond donors (Lipinski definition) is 1. The van der Waals surface area contributed by atoms with Crippen LogP contribution in [0.5, 0.6) is 0 Å². The third-order valence-electron chi connectivity index (χ3n) is 6.87. The molecule has 2 aliphatic rings. The second-order valence-electron chi connectivity index (χ2n) is 9.19. The molecule has 0 fully saturated rings. The second kappa shape index (κ2) is 8.82. The van der Waals surface area contributed by atoms with Crippen LogP contribution in [0.15, 0.2) is 95.2 Å². The van der Waals surface area contributed by atoms with Gasteiger partial charge in [0.15, 0.2) is 11.3 Å². The molecule has 1 amide bonds. The third-order valence-corrected chi connectivity index (χ3v) is 7.12. The highest BCUT2D eigenvalue weighted by atomic mass is 35.5. The minimum Gasteiger partial charge on any atom is -0.327 e. The molecule has 176 valence electrons. The van der Waals surface area contributed by atoms with Crippen molar-refractivity contribution in [1.82, 2.24) is 5.32 Å². The summed E-state index contributed by atoms with van der Waals surface area (Å²) in [4.78, 5) is 27.1. The number of allylic oxidation sites excluding steroid dienone is 1. The third kappa shape index (κ3) is 3.86. The highest BCUT2D eigenvalue weighted by Crippen LogP contribution is 2.50. The van der Waals surface area contributed by atoms with Gasteiger partial charge >= 0.3 is 0 Å². The molecule has 0 unspecified atom stereocenters. The average molecular weight is 484 g/mol. The fraction of sp³-hybridized carbons (Fsp3) is 0.207. The number of carbonyl (C=O) groups excluding carboxylic acids is 2. The summed E-state index contributed by atoms with van der Waals surface area (Å²) in [7, 11) is 0. The minimum absolute atomic E-state index is 0.0725. The Morgan fingerprint density at radius 1 is 1.00 bits per heavy atom. The van der Waals surface area contributed by atoms with Gasteiger partial charge in [0.1, 0.15) is 0 Å². The number of Topliss-reactive ketones (excluding diaryl/α,β-unsaturated/α-hetero) is 1. The Balaban J connectivity index is 1.78. The molecule has 2 heterocycles. The number of carbonyl (C=O) groups is 2. The Kier molecular flexibility index (Phi) is 5.81. The fourth-order valence-electron chi connectivity index (χ4n) is 5.24. The first kappa shape index (κ1) is 23.1. The Morgan fingerprint density at radius 2 is 1.66 bits per heavy atom. The van der Waals surface area contributed by atoms with E-state index < -0.39 is 11.5 Å². The Bertz CT molecular complexity index is 1360. The second-order valence-corrected chi connectivity index (χ2v) is 9.63. The van der Waals surface area contributed by atoms with Gasteiger partial charge in [-0.1, -0.05) is 71.8 Å². The Morgan fingerprint density at radius 3 is 2.29 bits per heavy atom. The van der Waals surface area contributed by atoms with Crippen LogP contribution in [-0.2, 0) is 9.59 Å². The smallest absolute Gasteiger partial charge is 0.253 e. The molecule has 6 heteroatoms. The van der Waals surface area contributed by atoms with Crippen molar-refractivity contribution in [3.05, 3.63) is 112 Å². The van der Waals surface area contributed by atoms with Crippen LogP contribution in [0.4, 0.5) is 5.69 Å². The van der Waals surface area contributed by atoms with Gasteiger partial charge in [-0.3, -0.25) is 9.59 Å². The van der Waals surface area contributed by atoms with E-state index in [4.69, 9.17) is 16.7 Å². The number of halogens is 1. The van der Waals surface area contributed by atoms with Gasteiger partial charge in [-0.25, -0.2) is 5.01 Å². The number of anilines is 1. The lowest BCUT2D eigenvalue weighted by atomic mass is 9.67. The van der Waals surface area contributed by atoms with Gasteiger partial charge in [-0.05, 0) is 56.2 Å². The summed E-state index contributed by atoms with van der Waals surface area (Å²) in [6.07, 6.45) is 0.341. The van der Waals surface area contributed by atoms with Crippen LogP contribution in [0.2, 0.25) is 5.02 Å². The highest BCUT2D eigenvalue weighted by molar-refractivity contribution is 6.30. The van der Waals surface area contributed by atoms with Crippen LogP contribution in [0, 0.1) is 6.92 Å². The Hall–Kier alpha value is -3.70. The van der Waals surface area contributed by atoms with Crippen LogP contribution in [0.1, 0.15) is 42.9 Å². The molecule has 3 aromatic rings. The number of benzene rings is 3. The number of ketones is 1. The van der Waals surface area contributed by atoms with E-state index >= 15 is 0 Å². The van der Waals surface area contributed by atoms with Gasteiger partial charge in [-0.2, -0.15) is 5.10 Å². The van der Waals surface area contributed by atoms with Gasteiger partial charge < -0.3 is 5.32 Å². The van der Waals surface area contributed by atoms with Gasteiger partial charge in [0.25, 0.3) is 5.91 Å². The van der Waals surface area contributed by atoms with Gasteiger partial charge in [0.05, 0.1) is 11.4 Å². The topological polar surface area (TPSA) is 61.8 Å². The standard InChI is InChI=1S/C29H26ClN3O2/c1-18-9-11-22(12-10-18)27-26(20(3)34)19(2)31-28(35)29(27)17-25(21-7-5-4-6-8-21)32-33(29)24-15-13-23(30)14-16-24/h4-16,27H,17H2,1-3H3,(H,31,35)/t27-,29+/m0/s1. The summed E-state index contributed by atoms with van der Waals surface area (Å²) in [5, 5.41) is 10.4. The molecular formula is C29H26ClN3O2. The summed E-state index contributed by atoms with van der Waals surface area (Å²) in [5.41, 5.74) is 4.47. The molecule has 0 aliphatic carbocycles. The lowest BCUT2D eigenvalue weighted by Crippen LogP contribution is -2.62. The zero-order valence-corrected chi connectivity index (χ0v) is 20.6. The normalized spacial score (nSPS) is 21.8. The SMILES string of the molecule is CC(=O)C1=C(C)NC(=O)[C@@]2(CC(c3ccccc3)=NN2c2ccc(Cl)cc2)[C@H]1c1ccc(C)cc1. The van der Waals surface area contributed by atoms with E-state index in [2.05, 4.69) is 5.32 Å². The first-order valence-corrected chi connectivity index (χ1v) is 12.0. The lowest BCUT2D eigenvalue weighted by molar-refractivity contribution is -0.127. The monoisotopic (exact) mass is 483 g/mol. The van der Waals surface area contributed by atoms with Gasteiger partial charge in [0, 0.05) is 28.6 Å². The minimum atomic E-state index is -1.17. The summed E-state index contributed by atoms with van der Waals surface area (Å²) < 4.78 is 0. The van der Waals surface area contributed by atoms with Crippen molar-refractivity contribution < 1.29 is 9.59 Å². The molecule has 3 aromatic carbocycles. The van der Waals surface area contributed by atoms with E-state index in [-0.39, 0.29) is 11.7 Å². The van der Waals surface area contributed by atoms with Crippen molar-refractivity contribution in [2.24, 2.45) is 5.10 Å². The van der Waals surface area contributed by atoms with E-state index in [0.29, 0.717) is 22.7 Å². The Labute approximate surface area is 210 Å². The van der Waals surface area contributed by atoms with Crippen molar-refractivity contribution in [3.63, 3.8) is 0 Å². The number of aryl methyl sites for hydroxylation is 1. The number of rotatable bonds is 4. The fourth-order valence-corrected chi connectivity index (χ4v) is 5.36. The van der Waals surface area contributed by atoms with Crippen molar-refractivity contribution in [3.8, 4) is 0 Å². The predicted molar refractivity (Wildman–Crippen MR) is 140 cm³/mol. The van der Waals surface area contributed by atoms with Crippen LogP contribution in [0.25, 0.3) is 0 Å². The molecule has 2 atom stereocenters. The number of nitrogens with zero attached hydrogens (tertiary/aromatic N) is 2. The molecule has 5 nitrogen and oxygen atoms in total. The van der Waals surface area contributed by atoms with E-state index in [1.54, 1.807) is 31.0 Å². The quantitative estimate of drug-likeness (QED) is 0.511. The number of hydrogen-bond acceptors (Lipinski definition) is 4. The van der Waals surface area contributed by atoms with E-state index in [0.717, 1.165) is 28.1 Å². The average Bonchev–Trinajstić information content (AvgIpc) is 3.24. The predicted octanol–water partition coefficient (Wildman–Crippen LogP) is 5.78. The number of hydrazone groups is 1. The molecule has 0 saturated carbocycles. The zero-order chi connectivity index (χ0) is 24.7. The number of nitrogens with one attached hydrogen (secondary N) is 1. The molecular weight excluding hydrogens is 458 g/mol. The van der Waals surface area contributed by atoms with E-state index in [9.17, 15) is 9.59 Å². The van der Waals surface area contributed by atoms with E-state index in [1.165, 1.54) is 0 Å². The van der Waals surface area contributed by atoms with Crippen LogP contribution >= 0.6 is 11.6 Å². The molecule has 5 rings (SSSR count). The summed E-state index contributed by atoms with van der Waals surface area (Å²) in [5.74, 6) is -0.776. The van der Waals surface area contributed by atoms with Gasteiger partial charge in [-0.15, -0.1) is 0 Å². The maximum atomic E-state index is 14.1. The molecule has 0 radical (unpaired) electrons. The van der Waals surface area contributed by atoms with Crippen LogP contribution < -0.4 is 10.3 Å². The zero-order valence-electron chi connectivity index (χ0n) is 19.9. The van der Waals surface area contributed by atoms with Crippen molar-refractivity contribution in [1.29, 1.82) is 0 Å². The van der Waals surface area contributed by atoms with Crippen LogP contribution in [0.3, 0.4) is 0 Å². The molecule has 0 aromatic heterocycles. The van der Waals surface area contributed by atoms with E-state index in [1.807, 2.05) is 73.7 Å². The van der Waals surface area contributed by atoms with Crippen molar-refractivity contribution in [2.45, 2.75) is 38.6 Å². The first-order valence-electron chi connectivity index (χ1n) is 11.6. The summed E-state index contributed by atoms with van der Waals surface area (Å²) in [6.45, 7) is 5.38. The first-order chi connectivity index (χ1) is 16.8. The van der Waals surface area contributed by atoms with Gasteiger partial charge in [0.2, 0.25) is 0 Å². The largest absolute Gasteiger partial charge is 0.327 e.